The summed E-state index contributed by atoms with van der Waals surface area (Å²) in [4.78, 5) is 12.1. The molecule has 2 aromatic rings. The number of rotatable bonds is 4. The Morgan fingerprint density at radius 3 is 2.50 bits per heavy atom. The molecule has 0 saturated carbocycles. The van der Waals surface area contributed by atoms with Gasteiger partial charge in [-0.3, -0.25) is 15.5 Å². The van der Waals surface area contributed by atoms with Crippen molar-refractivity contribution in [3.63, 3.8) is 0 Å². The molecule has 6 heteroatoms. The van der Waals surface area contributed by atoms with Crippen LogP contribution in [0.25, 0.3) is 0 Å². The molecule has 0 fully saturated rings. The number of hydrogen-bond acceptors (Lipinski definition) is 4. The summed E-state index contributed by atoms with van der Waals surface area (Å²) in [5.74, 6) is 0.343. The van der Waals surface area contributed by atoms with E-state index in [-0.39, 0.29) is 17.2 Å². The number of carbonyl (C=O) groups excluding carboxylic acids is 1. The third-order valence-corrected chi connectivity index (χ3v) is 2.93. The summed E-state index contributed by atoms with van der Waals surface area (Å²) >= 11 is 5.80. The van der Waals surface area contributed by atoms with Crippen molar-refractivity contribution in [3.8, 4) is 5.75 Å². The molecule has 0 aliphatic heterocycles. The Kier molecular flexibility index (Phi) is 4.45. The van der Waals surface area contributed by atoms with Gasteiger partial charge in [-0.25, -0.2) is 0 Å². The second kappa shape index (κ2) is 6.27. The first-order valence-electron chi connectivity index (χ1n) is 5.79. The zero-order valence-corrected chi connectivity index (χ0v) is 11.4. The zero-order valence-electron chi connectivity index (χ0n) is 10.7. The minimum atomic E-state index is -0.358. The van der Waals surface area contributed by atoms with Crippen molar-refractivity contribution in [2.75, 3.05) is 17.9 Å². The predicted octanol–water partition coefficient (Wildman–Crippen LogP) is 3.40. The number of amides is 1. The van der Waals surface area contributed by atoms with Crippen LogP contribution in [0.1, 0.15) is 10.4 Å². The highest BCUT2D eigenvalue weighted by Gasteiger charge is 2.12. The molecule has 0 aliphatic carbocycles. The Bertz CT molecular complexity index is 614. The van der Waals surface area contributed by atoms with Gasteiger partial charge in [0.05, 0.1) is 18.4 Å². The first-order chi connectivity index (χ1) is 9.63. The molecule has 0 unspecified atom stereocenters. The largest absolute Gasteiger partial charge is 0.497 e. The molecule has 2 rings (SSSR count). The third-order valence-electron chi connectivity index (χ3n) is 2.69. The number of ether oxygens (including phenoxy) is 1. The van der Waals surface area contributed by atoms with E-state index in [2.05, 4.69) is 5.32 Å². The van der Waals surface area contributed by atoms with Gasteiger partial charge in [-0.05, 0) is 42.5 Å². The molecule has 0 atom stereocenters. The van der Waals surface area contributed by atoms with Crippen molar-refractivity contribution < 1.29 is 14.7 Å². The molecular weight excluding hydrogens is 280 g/mol. The van der Waals surface area contributed by atoms with Crippen molar-refractivity contribution >= 4 is 28.9 Å². The van der Waals surface area contributed by atoms with Gasteiger partial charge in [0, 0.05) is 10.7 Å². The lowest BCUT2D eigenvalue weighted by atomic mass is 10.1. The Morgan fingerprint density at radius 2 is 1.90 bits per heavy atom. The van der Waals surface area contributed by atoms with Gasteiger partial charge in [-0.15, -0.1) is 0 Å². The quantitative estimate of drug-likeness (QED) is 0.755. The Labute approximate surface area is 121 Å². The van der Waals surface area contributed by atoms with Crippen molar-refractivity contribution in [1.82, 2.24) is 0 Å². The van der Waals surface area contributed by atoms with E-state index in [0.29, 0.717) is 16.5 Å². The maximum atomic E-state index is 12.1. The van der Waals surface area contributed by atoms with E-state index in [4.69, 9.17) is 21.5 Å². The van der Waals surface area contributed by atoms with Gasteiger partial charge in [0.25, 0.3) is 5.91 Å². The molecule has 0 heterocycles. The fourth-order valence-electron chi connectivity index (χ4n) is 1.68. The molecule has 0 aliphatic rings. The second-order valence-corrected chi connectivity index (χ2v) is 4.42. The summed E-state index contributed by atoms with van der Waals surface area (Å²) in [5.41, 5.74) is 3.10. The Morgan fingerprint density at radius 1 is 1.20 bits per heavy atom. The van der Waals surface area contributed by atoms with E-state index in [0.717, 1.165) is 0 Å². The molecule has 0 aromatic heterocycles. The summed E-state index contributed by atoms with van der Waals surface area (Å²) in [6.45, 7) is 0. The summed E-state index contributed by atoms with van der Waals surface area (Å²) in [6.07, 6.45) is 0. The average Bonchev–Trinajstić information content (AvgIpc) is 2.47. The molecule has 0 radical (unpaired) electrons. The van der Waals surface area contributed by atoms with Crippen molar-refractivity contribution in [3.05, 3.63) is 53.1 Å². The fourth-order valence-corrected chi connectivity index (χ4v) is 1.85. The maximum Gasteiger partial charge on any atom is 0.257 e. The summed E-state index contributed by atoms with van der Waals surface area (Å²) in [6, 6.07) is 11.5. The number of halogens is 1. The number of benzene rings is 2. The summed E-state index contributed by atoms with van der Waals surface area (Å²) in [5, 5.41) is 12.2. The number of carbonyl (C=O) groups is 1. The van der Waals surface area contributed by atoms with Gasteiger partial charge in [0.1, 0.15) is 5.75 Å². The lowest BCUT2D eigenvalue weighted by Crippen LogP contribution is -2.14. The fraction of sp³-hybridized carbons (Fsp3) is 0.0714. The molecule has 0 bridgehead atoms. The Hall–Kier alpha value is -2.24. The van der Waals surface area contributed by atoms with Gasteiger partial charge in [0.15, 0.2) is 0 Å². The van der Waals surface area contributed by atoms with Gasteiger partial charge >= 0.3 is 0 Å². The van der Waals surface area contributed by atoms with Gasteiger partial charge in [-0.1, -0.05) is 11.6 Å². The standard InChI is InChI=1S/C14H13ClN2O3/c1-20-11-5-3-10(4-6-11)16-14(18)12-7-2-9(15)8-13(12)17-19/h2-8,17,19H,1H3,(H,16,18). The summed E-state index contributed by atoms with van der Waals surface area (Å²) < 4.78 is 5.04. The highest BCUT2D eigenvalue weighted by Crippen LogP contribution is 2.22. The van der Waals surface area contributed by atoms with Crippen LogP contribution < -0.4 is 15.5 Å². The minimum Gasteiger partial charge on any atom is -0.497 e. The molecule has 2 aromatic carbocycles. The third kappa shape index (κ3) is 3.20. The van der Waals surface area contributed by atoms with Crippen molar-refractivity contribution in [2.24, 2.45) is 0 Å². The molecular formula is C14H13ClN2O3. The van der Waals surface area contributed by atoms with E-state index >= 15 is 0 Å². The van der Waals surface area contributed by atoms with Crippen LogP contribution >= 0.6 is 11.6 Å². The van der Waals surface area contributed by atoms with Crippen LogP contribution in [-0.4, -0.2) is 18.2 Å². The monoisotopic (exact) mass is 292 g/mol. The predicted molar refractivity (Wildman–Crippen MR) is 77.8 cm³/mol. The van der Waals surface area contributed by atoms with Crippen LogP contribution in [0.2, 0.25) is 5.02 Å². The smallest absolute Gasteiger partial charge is 0.257 e. The molecule has 1 amide bonds. The van der Waals surface area contributed by atoms with Crippen LogP contribution in [0.4, 0.5) is 11.4 Å². The molecule has 0 saturated heterocycles. The minimum absolute atomic E-state index is 0.239. The zero-order chi connectivity index (χ0) is 14.5. The number of nitrogens with one attached hydrogen (secondary N) is 2. The lowest BCUT2D eigenvalue weighted by Gasteiger charge is -2.10. The van der Waals surface area contributed by atoms with Crippen LogP contribution in [0.15, 0.2) is 42.5 Å². The normalized spacial score (nSPS) is 9.95. The molecule has 5 nitrogen and oxygen atoms in total. The summed E-state index contributed by atoms with van der Waals surface area (Å²) in [7, 11) is 1.57. The topological polar surface area (TPSA) is 70.6 Å². The van der Waals surface area contributed by atoms with Crippen LogP contribution in [0.5, 0.6) is 5.75 Å². The maximum absolute atomic E-state index is 12.1. The lowest BCUT2D eigenvalue weighted by molar-refractivity contribution is 0.102. The molecule has 104 valence electrons. The number of hydrogen-bond donors (Lipinski definition) is 3. The van der Waals surface area contributed by atoms with E-state index in [1.54, 1.807) is 37.4 Å². The van der Waals surface area contributed by atoms with Crippen molar-refractivity contribution in [2.45, 2.75) is 0 Å². The number of methoxy groups -OCH3 is 1. The van der Waals surface area contributed by atoms with Gasteiger partial charge in [-0.2, -0.15) is 0 Å². The van der Waals surface area contributed by atoms with Crippen molar-refractivity contribution in [1.29, 1.82) is 0 Å². The molecule has 3 N–H and O–H groups in total. The van der Waals surface area contributed by atoms with E-state index in [1.165, 1.54) is 12.1 Å². The Balaban J connectivity index is 2.19. The first-order valence-corrected chi connectivity index (χ1v) is 6.17. The molecule has 20 heavy (non-hydrogen) atoms. The highest BCUT2D eigenvalue weighted by atomic mass is 35.5. The SMILES string of the molecule is COc1ccc(NC(=O)c2ccc(Cl)cc2NO)cc1. The van der Waals surface area contributed by atoms with Crippen LogP contribution in [0.3, 0.4) is 0 Å². The van der Waals surface area contributed by atoms with Gasteiger partial charge < -0.3 is 10.1 Å². The van der Waals surface area contributed by atoms with E-state index in [1.807, 2.05) is 5.48 Å². The van der Waals surface area contributed by atoms with Crippen LogP contribution in [0, 0.1) is 0 Å². The highest BCUT2D eigenvalue weighted by molar-refractivity contribution is 6.31. The van der Waals surface area contributed by atoms with Crippen LogP contribution in [-0.2, 0) is 0 Å². The second-order valence-electron chi connectivity index (χ2n) is 3.98. The first kappa shape index (κ1) is 14.2. The van der Waals surface area contributed by atoms with Gasteiger partial charge in [0.2, 0.25) is 0 Å². The molecule has 0 spiro atoms. The van der Waals surface area contributed by atoms with E-state index < -0.39 is 0 Å². The average molecular weight is 293 g/mol. The number of anilines is 2. The van der Waals surface area contributed by atoms with E-state index in [9.17, 15) is 4.79 Å².